The van der Waals surface area contributed by atoms with Crippen LogP contribution < -0.4 is 10.2 Å². The van der Waals surface area contributed by atoms with Crippen molar-refractivity contribution in [3.8, 4) is 11.3 Å². The van der Waals surface area contributed by atoms with Crippen LogP contribution in [0, 0.1) is 0 Å². The number of morpholine rings is 1. The van der Waals surface area contributed by atoms with Gasteiger partial charge in [-0.1, -0.05) is 24.3 Å². The summed E-state index contributed by atoms with van der Waals surface area (Å²) in [5, 5.41) is 6.12. The second-order valence-corrected chi connectivity index (χ2v) is 7.29. The summed E-state index contributed by atoms with van der Waals surface area (Å²) in [7, 11) is 0. The monoisotopic (exact) mass is 359 g/mol. The summed E-state index contributed by atoms with van der Waals surface area (Å²) in [5.74, 6) is 0.0300. The Hall–Kier alpha value is -1.92. The molecule has 1 atom stereocenters. The van der Waals surface area contributed by atoms with E-state index in [0.29, 0.717) is 0 Å². The molecule has 1 saturated heterocycles. The van der Waals surface area contributed by atoms with Crippen LogP contribution in [0.5, 0.6) is 0 Å². The second kappa shape index (κ2) is 8.45. The van der Waals surface area contributed by atoms with Crippen LogP contribution >= 0.6 is 11.3 Å². The Morgan fingerprint density at radius 2 is 2.04 bits per heavy atom. The smallest absolute Gasteiger partial charge is 0.217 e. The SMILES string of the molecule is CC(=O)N[C@H](C)CCc1ccc(-c2csc(N3CCOCC3)n2)cc1. The molecule has 1 aliphatic heterocycles. The predicted octanol–water partition coefficient (Wildman–Crippen LogP) is 3.10. The summed E-state index contributed by atoms with van der Waals surface area (Å²) in [5.41, 5.74) is 3.46. The molecule has 134 valence electrons. The fourth-order valence-corrected chi connectivity index (χ4v) is 3.83. The summed E-state index contributed by atoms with van der Waals surface area (Å²) < 4.78 is 5.40. The first-order valence-corrected chi connectivity index (χ1v) is 9.64. The quantitative estimate of drug-likeness (QED) is 0.861. The molecule has 1 aromatic heterocycles. The molecule has 1 N–H and O–H groups in total. The number of thiazole rings is 1. The molecule has 2 heterocycles. The van der Waals surface area contributed by atoms with Crippen molar-refractivity contribution < 1.29 is 9.53 Å². The van der Waals surface area contributed by atoms with E-state index in [1.807, 2.05) is 6.92 Å². The van der Waals surface area contributed by atoms with Crippen molar-refractivity contribution in [2.24, 2.45) is 0 Å². The molecule has 0 bridgehead atoms. The Bertz CT molecular complexity index is 693. The van der Waals surface area contributed by atoms with Gasteiger partial charge in [0, 0.05) is 37.0 Å². The number of aromatic nitrogens is 1. The first-order valence-electron chi connectivity index (χ1n) is 8.76. The van der Waals surface area contributed by atoms with E-state index in [9.17, 15) is 4.79 Å². The van der Waals surface area contributed by atoms with Crippen molar-refractivity contribution in [3.63, 3.8) is 0 Å². The molecule has 0 aliphatic carbocycles. The van der Waals surface area contributed by atoms with Gasteiger partial charge < -0.3 is 15.0 Å². The van der Waals surface area contributed by atoms with Gasteiger partial charge in [-0.3, -0.25) is 4.79 Å². The molecule has 0 spiro atoms. The maximum Gasteiger partial charge on any atom is 0.217 e. The molecule has 2 aromatic rings. The molecular formula is C19H25N3O2S. The van der Waals surface area contributed by atoms with Crippen molar-refractivity contribution in [2.75, 3.05) is 31.2 Å². The summed E-state index contributed by atoms with van der Waals surface area (Å²) in [4.78, 5) is 18.1. The number of amides is 1. The van der Waals surface area contributed by atoms with E-state index in [0.717, 1.165) is 55.5 Å². The van der Waals surface area contributed by atoms with E-state index < -0.39 is 0 Å². The fraction of sp³-hybridized carbons (Fsp3) is 0.474. The van der Waals surface area contributed by atoms with E-state index in [4.69, 9.17) is 9.72 Å². The number of rotatable bonds is 6. The van der Waals surface area contributed by atoms with Crippen molar-refractivity contribution in [1.29, 1.82) is 0 Å². The van der Waals surface area contributed by atoms with Gasteiger partial charge in [-0.25, -0.2) is 4.98 Å². The zero-order valence-electron chi connectivity index (χ0n) is 14.8. The standard InChI is InChI=1S/C19H25N3O2S/c1-14(20-15(2)23)3-4-16-5-7-17(8-6-16)18-13-25-19(21-18)22-9-11-24-12-10-22/h5-8,13-14H,3-4,9-12H2,1-2H3,(H,20,23)/t14-/m1/s1. The molecule has 3 rings (SSSR count). The number of hydrogen-bond donors (Lipinski definition) is 1. The molecule has 1 fully saturated rings. The largest absolute Gasteiger partial charge is 0.378 e. The predicted molar refractivity (Wildman–Crippen MR) is 102 cm³/mol. The maximum absolute atomic E-state index is 11.1. The summed E-state index contributed by atoms with van der Waals surface area (Å²) in [6.07, 6.45) is 1.90. The molecule has 0 saturated carbocycles. The zero-order valence-corrected chi connectivity index (χ0v) is 15.6. The lowest BCUT2D eigenvalue weighted by atomic mass is 10.0. The van der Waals surface area contributed by atoms with E-state index in [1.165, 1.54) is 5.56 Å². The highest BCUT2D eigenvalue weighted by Gasteiger charge is 2.15. The van der Waals surface area contributed by atoms with Gasteiger partial charge in [0.2, 0.25) is 5.91 Å². The van der Waals surface area contributed by atoms with E-state index in [2.05, 4.69) is 39.9 Å². The van der Waals surface area contributed by atoms with Crippen LogP contribution in [0.15, 0.2) is 29.6 Å². The number of nitrogens with one attached hydrogen (secondary N) is 1. The molecule has 25 heavy (non-hydrogen) atoms. The van der Waals surface area contributed by atoms with Gasteiger partial charge >= 0.3 is 0 Å². The van der Waals surface area contributed by atoms with E-state index >= 15 is 0 Å². The third-order valence-corrected chi connectivity index (χ3v) is 5.24. The van der Waals surface area contributed by atoms with Crippen LogP contribution in [0.1, 0.15) is 25.8 Å². The van der Waals surface area contributed by atoms with Crippen LogP contribution in [-0.2, 0) is 16.0 Å². The molecule has 0 unspecified atom stereocenters. The molecule has 6 heteroatoms. The highest BCUT2D eigenvalue weighted by atomic mass is 32.1. The highest BCUT2D eigenvalue weighted by molar-refractivity contribution is 7.14. The summed E-state index contributed by atoms with van der Waals surface area (Å²) in [6.45, 7) is 6.99. The summed E-state index contributed by atoms with van der Waals surface area (Å²) >= 11 is 1.69. The van der Waals surface area contributed by atoms with Crippen LogP contribution in [0.25, 0.3) is 11.3 Å². The number of carbonyl (C=O) groups excluding carboxylic acids is 1. The average Bonchev–Trinajstić information content (AvgIpc) is 3.11. The van der Waals surface area contributed by atoms with Gasteiger partial charge in [-0.2, -0.15) is 0 Å². The summed E-state index contributed by atoms with van der Waals surface area (Å²) in [6, 6.07) is 8.78. The molecular weight excluding hydrogens is 334 g/mol. The lowest BCUT2D eigenvalue weighted by molar-refractivity contribution is -0.119. The minimum atomic E-state index is 0.0300. The van der Waals surface area contributed by atoms with Crippen molar-refractivity contribution in [2.45, 2.75) is 32.7 Å². The molecule has 0 radical (unpaired) electrons. The van der Waals surface area contributed by atoms with Crippen molar-refractivity contribution in [1.82, 2.24) is 10.3 Å². The van der Waals surface area contributed by atoms with Gasteiger partial charge in [0.05, 0.1) is 18.9 Å². The van der Waals surface area contributed by atoms with Gasteiger partial charge in [-0.15, -0.1) is 11.3 Å². The van der Waals surface area contributed by atoms with Gasteiger partial charge in [0.15, 0.2) is 5.13 Å². The van der Waals surface area contributed by atoms with Crippen molar-refractivity contribution >= 4 is 22.4 Å². The fourth-order valence-electron chi connectivity index (χ4n) is 2.94. The number of carbonyl (C=O) groups is 1. The highest BCUT2D eigenvalue weighted by Crippen LogP contribution is 2.28. The van der Waals surface area contributed by atoms with Crippen LogP contribution in [-0.4, -0.2) is 43.2 Å². The second-order valence-electron chi connectivity index (χ2n) is 6.45. The first kappa shape index (κ1) is 17.9. The lowest BCUT2D eigenvalue weighted by Gasteiger charge is -2.26. The first-order chi connectivity index (χ1) is 12.1. The molecule has 1 aliphatic rings. The van der Waals surface area contributed by atoms with Crippen LogP contribution in [0.4, 0.5) is 5.13 Å². The van der Waals surface area contributed by atoms with Gasteiger partial charge in [0.25, 0.3) is 0 Å². The minimum Gasteiger partial charge on any atom is -0.378 e. The Balaban J connectivity index is 1.58. The van der Waals surface area contributed by atoms with Gasteiger partial charge in [0.1, 0.15) is 0 Å². The molecule has 5 nitrogen and oxygen atoms in total. The number of ether oxygens (including phenoxy) is 1. The van der Waals surface area contributed by atoms with Crippen molar-refractivity contribution in [3.05, 3.63) is 35.2 Å². The van der Waals surface area contributed by atoms with Crippen LogP contribution in [0.2, 0.25) is 0 Å². The van der Waals surface area contributed by atoms with Crippen LogP contribution in [0.3, 0.4) is 0 Å². The maximum atomic E-state index is 11.1. The molecule has 1 amide bonds. The normalized spacial score (nSPS) is 15.8. The topological polar surface area (TPSA) is 54.5 Å². The minimum absolute atomic E-state index is 0.0300. The number of aryl methyl sites for hydroxylation is 1. The number of nitrogens with zero attached hydrogens (tertiary/aromatic N) is 2. The Kier molecular flexibility index (Phi) is 6.04. The average molecular weight is 359 g/mol. The third kappa shape index (κ3) is 5.03. The van der Waals surface area contributed by atoms with Gasteiger partial charge in [-0.05, 0) is 25.3 Å². The lowest BCUT2D eigenvalue weighted by Crippen LogP contribution is -2.36. The Morgan fingerprint density at radius 1 is 1.32 bits per heavy atom. The number of anilines is 1. The zero-order chi connectivity index (χ0) is 17.6. The third-order valence-electron chi connectivity index (χ3n) is 4.34. The van der Waals surface area contributed by atoms with E-state index in [-0.39, 0.29) is 11.9 Å². The Labute approximate surface area is 153 Å². The Morgan fingerprint density at radius 3 is 2.72 bits per heavy atom. The van der Waals surface area contributed by atoms with E-state index in [1.54, 1.807) is 18.3 Å². The number of benzene rings is 1. The molecule has 1 aromatic carbocycles. The number of hydrogen-bond acceptors (Lipinski definition) is 5.